The van der Waals surface area contributed by atoms with Gasteiger partial charge in [0.05, 0.1) is 12.8 Å². The summed E-state index contributed by atoms with van der Waals surface area (Å²) in [5.74, 6) is 0.232. The molecule has 2 aromatic rings. The summed E-state index contributed by atoms with van der Waals surface area (Å²) in [6, 6.07) is 7.54. The van der Waals surface area contributed by atoms with Gasteiger partial charge in [0, 0.05) is 18.1 Å². The van der Waals surface area contributed by atoms with Crippen molar-refractivity contribution in [1.29, 1.82) is 0 Å². The molecule has 0 unspecified atom stereocenters. The number of nitrogens with zero attached hydrogens (tertiary/aromatic N) is 1. The Labute approximate surface area is 111 Å². The molecule has 0 fully saturated rings. The van der Waals surface area contributed by atoms with Gasteiger partial charge in [-0.15, -0.1) is 0 Å². The molecule has 0 spiro atoms. The van der Waals surface area contributed by atoms with Gasteiger partial charge in [-0.25, -0.2) is 8.42 Å². The van der Waals surface area contributed by atoms with E-state index in [1.54, 1.807) is 18.2 Å². The Kier molecular flexibility index (Phi) is 3.57. The van der Waals surface area contributed by atoms with E-state index in [2.05, 4.69) is 9.71 Å². The normalized spacial score (nSPS) is 11.0. The van der Waals surface area contributed by atoms with E-state index in [1.165, 1.54) is 31.6 Å². The van der Waals surface area contributed by atoms with Gasteiger partial charge in [0.2, 0.25) is 0 Å². The van der Waals surface area contributed by atoms with Crippen LogP contribution in [0.25, 0.3) is 0 Å². The lowest BCUT2D eigenvalue weighted by atomic mass is 10.3. The van der Waals surface area contributed by atoms with Gasteiger partial charge in [-0.3, -0.25) is 9.71 Å². The molecule has 0 amide bonds. The number of anilines is 2. The smallest absolute Gasteiger partial charge is 0.265 e. The van der Waals surface area contributed by atoms with Crippen LogP contribution in [0, 0.1) is 0 Å². The number of hydrogen-bond acceptors (Lipinski definition) is 5. The van der Waals surface area contributed by atoms with Crippen LogP contribution in [0.3, 0.4) is 0 Å². The third kappa shape index (κ3) is 2.94. The number of pyridine rings is 1. The van der Waals surface area contributed by atoms with Gasteiger partial charge in [0.25, 0.3) is 10.0 Å². The summed E-state index contributed by atoms with van der Waals surface area (Å²) < 4.78 is 32.0. The Morgan fingerprint density at radius 2 is 1.89 bits per heavy atom. The van der Waals surface area contributed by atoms with E-state index >= 15 is 0 Å². The first-order valence-electron chi connectivity index (χ1n) is 5.39. The van der Waals surface area contributed by atoms with Crippen molar-refractivity contribution in [2.45, 2.75) is 4.90 Å². The highest BCUT2D eigenvalue weighted by Gasteiger charge is 2.19. The van der Waals surface area contributed by atoms with Crippen LogP contribution >= 0.6 is 0 Å². The summed E-state index contributed by atoms with van der Waals surface area (Å²) in [5.41, 5.74) is 6.37. The second kappa shape index (κ2) is 5.15. The summed E-state index contributed by atoms with van der Waals surface area (Å²) >= 11 is 0. The highest BCUT2D eigenvalue weighted by atomic mass is 32.2. The number of sulfonamides is 1. The minimum Gasteiger partial charge on any atom is -0.495 e. The predicted molar refractivity (Wildman–Crippen MR) is 72.5 cm³/mol. The molecule has 2 rings (SSSR count). The molecule has 0 atom stereocenters. The molecule has 6 nitrogen and oxygen atoms in total. The predicted octanol–water partition coefficient (Wildman–Crippen LogP) is 1.47. The van der Waals surface area contributed by atoms with E-state index < -0.39 is 10.0 Å². The largest absolute Gasteiger partial charge is 0.495 e. The third-order valence-corrected chi connectivity index (χ3v) is 3.81. The molecular weight excluding hydrogens is 266 g/mol. The monoisotopic (exact) mass is 279 g/mol. The summed E-state index contributed by atoms with van der Waals surface area (Å²) in [7, 11) is -2.36. The van der Waals surface area contributed by atoms with E-state index in [1.807, 2.05) is 0 Å². The maximum Gasteiger partial charge on any atom is 0.265 e. The first-order chi connectivity index (χ1) is 9.03. The summed E-state index contributed by atoms with van der Waals surface area (Å²) in [6.07, 6.45) is 2.99. The van der Waals surface area contributed by atoms with E-state index in [4.69, 9.17) is 10.5 Å². The molecule has 0 radical (unpaired) electrons. The van der Waals surface area contributed by atoms with Crippen molar-refractivity contribution in [3.05, 3.63) is 42.7 Å². The Morgan fingerprint density at radius 3 is 2.53 bits per heavy atom. The summed E-state index contributed by atoms with van der Waals surface area (Å²) in [4.78, 5) is 3.81. The van der Waals surface area contributed by atoms with Crippen LogP contribution in [-0.4, -0.2) is 20.5 Å². The molecule has 7 heteroatoms. The van der Waals surface area contributed by atoms with Crippen LogP contribution in [-0.2, 0) is 10.0 Å². The van der Waals surface area contributed by atoms with Crippen LogP contribution in [0.5, 0.6) is 5.75 Å². The highest BCUT2D eigenvalue weighted by Crippen LogP contribution is 2.27. The quantitative estimate of drug-likeness (QED) is 0.826. The minimum absolute atomic E-state index is 0.00758. The standard InChI is InChI=1S/C12H13N3O3S/c1-18-11-3-2-9(13)8-12(11)19(16,17)15-10-4-6-14-7-5-10/h2-8H,13H2,1H3,(H,14,15). The van der Waals surface area contributed by atoms with Gasteiger partial charge in [0.1, 0.15) is 10.6 Å². The molecule has 100 valence electrons. The molecule has 1 aromatic heterocycles. The number of aromatic nitrogens is 1. The average molecular weight is 279 g/mol. The number of benzene rings is 1. The second-order valence-corrected chi connectivity index (χ2v) is 5.40. The SMILES string of the molecule is COc1ccc(N)cc1S(=O)(=O)Nc1ccncc1. The number of ether oxygens (including phenoxy) is 1. The zero-order valence-electron chi connectivity index (χ0n) is 10.2. The van der Waals surface area contributed by atoms with E-state index in [0.717, 1.165) is 0 Å². The van der Waals surface area contributed by atoms with E-state index in [-0.39, 0.29) is 10.6 Å². The second-order valence-electron chi connectivity index (χ2n) is 3.75. The number of hydrogen-bond donors (Lipinski definition) is 2. The Balaban J connectivity index is 2.42. The fraction of sp³-hybridized carbons (Fsp3) is 0.0833. The van der Waals surface area contributed by atoms with Gasteiger partial charge in [0.15, 0.2) is 0 Å². The number of rotatable bonds is 4. The number of nitrogen functional groups attached to an aromatic ring is 1. The van der Waals surface area contributed by atoms with Crippen LogP contribution in [0.15, 0.2) is 47.6 Å². The molecule has 0 aliphatic carbocycles. The lowest BCUT2D eigenvalue weighted by Gasteiger charge is -2.11. The Hall–Kier alpha value is -2.28. The van der Waals surface area contributed by atoms with Gasteiger partial charge < -0.3 is 10.5 Å². The highest BCUT2D eigenvalue weighted by molar-refractivity contribution is 7.92. The summed E-state index contributed by atoms with van der Waals surface area (Å²) in [6.45, 7) is 0. The topological polar surface area (TPSA) is 94.3 Å². The Morgan fingerprint density at radius 1 is 1.21 bits per heavy atom. The molecule has 0 aliphatic rings. The van der Waals surface area contributed by atoms with Crippen molar-refractivity contribution >= 4 is 21.4 Å². The molecule has 3 N–H and O–H groups in total. The molecule has 0 saturated carbocycles. The first kappa shape index (κ1) is 13.2. The summed E-state index contributed by atoms with van der Waals surface area (Å²) in [5, 5.41) is 0. The number of methoxy groups -OCH3 is 1. The molecule has 0 bridgehead atoms. The molecular formula is C12H13N3O3S. The minimum atomic E-state index is -3.76. The first-order valence-corrected chi connectivity index (χ1v) is 6.87. The van der Waals surface area contributed by atoms with Crippen LogP contribution < -0.4 is 15.2 Å². The Bertz CT molecular complexity index is 672. The van der Waals surface area contributed by atoms with Crippen molar-refractivity contribution < 1.29 is 13.2 Å². The van der Waals surface area contributed by atoms with Gasteiger partial charge in [-0.2, -0.15) is 0 Å². The molecule has 1 heterocycles. The fourth-order valence-corrected chi connectivity index (χ4v) is 2.80. The third-order valence-electron chi connectivity index (χ3n) is 2.41. The van der Waals surface area contributed by atoms with Crippen LogP contribution in [0.1, 0.15) is 0 Å². The molecule has 0 saturated heterocycles. The number of nitrogens with one attached hydrogen (secondary N) is 1. The van der Waals surface area contributed by atoms with Crippen LogP contribution in [0.2, 0.25) is 0 Å². The lowest BCUT2D eigenvalue weighted by molar-refractivity contribution is 0.403. The van der Waals surface area contributed by atoms with Crippen LogP contribution in [0.4, 0.5) is 11.4 Å². The van der Waals surface area contributed by atoms with E-state index in [9.17, 15) is 8.42 Å². The fourth-order valence-electron chi connectivity index (χ4n) is 1.53. The van der Waals surface area contributed by atoms with Gasteiger partial charge >= 0.3 is 0 Å². The maximum atomic E-state index is 12.3. The average Bonchev–Trinajstić information content (AvgIpc) is 2.39. The van der Waals surface area contributed by atoms with Crippen molar-refractivity contribution in [1.82, 2.24) is 4.98 Å². The van der Waals surface area contributed by atoms with E-state index in [0.29, 0.717) is 11.4 Å². The molecule has 0 aliphatic heterocycles. The van der Waals surface area contributed by atoms with Crippen molar-refractivity contribution in [3.8, 4) is 5.75 Å². The molecule has 1 aromatic carbocycles. The zero-order valence-corrected chi connectivity index (χ0v) is 11.0. The lowest BCUT2D eigenvalue weighted by Crippen LogP contribution is -2.14. The van der Waals surface area contributed by atoms with Crippen molar-refractivity contribution in [3.63, 3.8) is 0 Å². The molecule has 19 heavy (non-hydrogen) atoms. The number of nitrogens with two attached hydrogens (primary N) is 1. The van der Waals surface area contributed by atoms with Crippen molar-refractivity contribution in [2.24, 2.45) is 0 Å². The van der Waals surface area contributed by atoms with Gasteiger partial charge in [-0.1, -0.05) is 0 Å². The van der Waals surface area contributed by atoms with Crippen molar-refractivity contribution in [2.75, 3.05) is 17.6 Å². The zero-order chi connectivity index (χ0) is 13.9. The maximum absolute atomic E-state index is 12.3. The van der Waals surface area contributed by atoms with Gasteiger partial charge in [-0.05, 0) is 30.3 Å².